The van der Waals surface area contributed by atoms with E-state index in [-0.39, 0.29) is 30.4 Å². The van der Waals surface area contributed by atoms with Gasteiger partial charge in [0.2, 0.25) is 16.4 Å². The van der Waals surface area contributed by atoms with Gasteiger partial charge >= 0.3 is 0 Å². The Kier molecular flexibility index (Phi) is 3.69. The molecule has 0 radical (unpaired) electrons. The van der Waals surface area contributed by atoms with Gasteiger partial charge in [-0.05, 0) is 0 Å². The third kappa shape index (κ3) is 2.91. The van der Waals surface area contributed by atoms with E-state index >= 15 is 0 Å². The molecule has 0 bridgehead atoms. The van der Waals surface area contributed by atoms with Gasteiger partial charge in [-0.2, -0.15) is 10.1 Å². The van der Waals surface area contributed by atoms with Gasteiger partial charge in [0.1, 0.15) is 4.90 Å². The molecule has 9 nitrogen and oxygen atoms in total. The molecule has 0 saturated heterocycles. The first-order chi connectivity index (χ1) is 8.62. The van der Waals surface area contributed by atoms with E-state index in [1.165, 1.54) is 17.1 Å². The minimum atomic E-state index is -3.67. The summed E-state index contributed by atoms with van der Waals surface area (Å²) in [5.74, 6) is 0.237. The van der Waals surface area contributed by atoms with Crippen molar-refractivity contribution in [3.05, 3.63) is 24.6 Å². The number of hydrogen-bond donors (Lipinski definition) is 2. The van der Waals surface area contributed by atoms with Gasteiger partial charge in [0.25, 0.3) is 0 Å². The molecule has 0 atom stereocenters. The molecule has 18 heavy (non-hydrogen) atoms. The minimum Gasteiger partial charge on any atom is -0.394 e. The Morgan fingerprint density at radius 2 is 2.33 bits per heavy atom. The van der Waals surface area contributed by atoms with Crippen molar-refractivity contribution in [2.24, 2.45) is 0 Å². The Balaban J connectivity index is 2.05. The summed E-state index contributed by atoms with van der Waals surface area (Å²) in [4.78, 5) is 3.70. The first-order valence-electron chi connectivity index (χ1n) is 5.00. The fourth-order valence-electron chi connectivity index (χ4n) is 1.22. The standard InChI is InChI=1S/C8H11N5O4S/c14-2-1-13-5-7(3-10-13)18(15,16)11-4-8-9-6-17-12-8/h3,5-6,11,14H,1-2,4H2. The molecule has 0 aromatic carbocycles. The highest BCUT2D eigenvalue weighted by molar-refractivity contribution is 7.89. The normalized spacial score (nSPS) is 11.8. The molecule has 2 aromatic heterocycles. The predicted octanol–water partition coefficient (Wildman–Crippen LogP) is -1.26. The van der Waals surface area contributed by atoms with Crippen molar-refractivity contribution >= 4 is 10.0 Å². The van der Waals surface area contributed by atoms with Gasteiger partial charge in [0, 0.05) is 6.20 Å². The molecule has 0 aliphatic carbocycles. The van der Waals surface area contributed by atoms with Crippen LogP contribution in [-0.2, 0) is 23.1 Å². The summed E-state index contributed by atoms with van der Waals surface area (Å²) in [6, 6.07) is 0. The van der Waals surface area contributed by atoms with Crippen LogP contribution >= 0.6 is 0 Å². The van der Waals surface area contributed by atoms with Crippen LogP contribution in [0, 0.1) is 0 Å². The second-order valence-electron chi connectivity index (χ2n) is 3.33. The van der Waals surface area contributed by atoms with Crippen molar-refractivity contribution in [2.75, 3.05) is 6.61 Å². The van der Waals surface area contributed by atoms with E-state index in [0.717, 1.165) is 6.39 Å². The summed E-state index contributed by atoms with van der Waals surface area (Å²) >= 11 is 0. The van der Waals surface area contributed by atoms with Crippen molar-refractivity contribution in [3.8, 4) is 0 Å². The predicted molar refractivity (Wildman–Crippen MR) is 57.6 cm³/mol. The van der Waals surface area contributed by atoms with Crippen LogP contribution in [0.15, 0.2) is 28.2 Å². The lowest BCUT2D eigenvalue weighted by atomic mass is 10.6. The number of aromatic nitrogens is 4. The third-order valence-electron chi connectivity index (χ3n) is 2.08. The largest absolute Gasteiger partial charge is 0.394 e. The quantitative estimate of drug-likeness (QED) is 0.673. The molecule has 0 fully saturated rings. The summed E-state index contributed by atoms with van der Waals surface area (Å²) in [6.07, 6.45) is 3.64. The first-order valence-corrected chi connectivity index (χ1v) is 6.48. The second kappa shape index (κ2) is 5.25. The zero-order valence-corrected chi connectivity index (χ0v) is 10.0. The van der Waals surface area contributed by atoms with Gasteiger partial charge in [-0.1, -0.05) is 5.16 Å². The maximum absolute atomic E-state index is 11.8. The number of aliphatic hydroxyl groups is 1. The molecule has 2 rings (SSSR count). The number of nitrogens with one attached hydrogen (secondary N) is 1. The van der Waals surface area contributed by atoms with E-state index in [4.69, 9.17) is 5.11 Å². The molecular formula is C8H11N5O4S. The van der Waals surface area contributed by atoms with Crippen LogP contribution in [0.3, 0.4) is 0 Å². The maximum Gasteiger partial charge on any atom is 0.244 e. The van der Waals surface area contributed by atoms with Crippen LogP contribution in [0.5, 0.6) is 0 Å². The van der Waals surface area contributed by atoms with Crippen LogP contribution in [0.1, 0.15) is 5.82 Å². The lowest BCUT2D eigenvalue weighted by Crippen LogP contribution is -2.23. The van der Waals surface area contributed by atoms with Gasteiger partial charge in [-0.3, -0.25) is 4.68 Å². The highest BCUT2D eigenvalue weighted by Crippen LogP contribution is 2.07. The van der Waals surface area contributed by atoms with Gasteiger partial charge in [0.05, 0.1) is 25.9 Å². The van der Waals surface area contributed by atoms with Crippen LogP contribution < -0.4 is 4.72 Å². The van der Waals surface area contributed by atoms with E-state index in [9.17, 15) is 8.42 Å². The molecule has 0 aliphatic rings. The van der Waals surface area contributed by atoms with Crippen molar-refractivity contribution in [3.63, 3.8) is 0 Å². The van der Waals surface area contributed by atoms with E-state index in [2.05, 4.69) is 24.5 Å². The zero-order valence-electron chi connectivity index (χ0n) is 9.22. The van der Waals surface area contributed by atoms with E-state index in [0.29, 0.717) is 0 Å². The lowest BCUT2D eigenvalue weighted by Gasteiger charge is -2.01. The Labute approximate surface area is 102 Å². The Morgan fingerprint density at radius 3 is 3.00 bits per heavy atom. The van der Waals surface area contributed by atoms with E-state index < -0.39 is 10.0 Å². The van der Waals surface area contributed by atoms with Crippen molar-refractivity contribution in [1.82, 2.24) is 24.6 Å². The molecule has 98 valence electrons. The molecule has 0 aliphatic heterocycles. The van der Waals surface area contributed by atoms with Crippen molar-refractivity contribution in [1.29, 1.82) is 0 Å². The molecular weight excluding hydrogens is 262 g/mol. The minimum absolute atomic E-state index is 0.0134. The first kappa shape index (κ1) is 12.7. The monoisotopic (exact) mass is 273 g/mol. The molecule has 10 heteroatoms. The van der Waals surface area contributed by atoms with Crippen molar-refractivity contribution in [2.45, 2.75) is 18.0 Å². The molecule has 0 amide bonds. The molecule has 0 saturated carbocycles. The Morgan fingerprint density at radius 1 is 1.50 bits per heavy atom. The molecule has 2 N–H and O–H groups in total. The third-order valence-corrected chi connectivity index (χ3v) is 3.43. The molecule has 2 heterocycles. The van der Waals surface area contributed by atoms with Gasteiger partial charge in [0.15, 0.2) is 5.82 Å². The summed E-state index contributed by atoms with van der Waals surface area (Å²) in [5, 5.41) is 16.0. The summed E-state index contributed by atoms with van der Waals surface area (Å²) in [7, 11) is -3.67. The van der Waals surface area contributed by atoms with Crippen LogP contribution in [-0.4, -0.2) is 40.1 Å². The molecule has 0 spiro atoms. The smallest absolute Gasteiger partial charge is 0.244 e. The number of rotatable bonds is 6. The van der Waals surface area contributed by atoms with Crippen molar-refractivity contribution < 1.29 is 18.0 Å². The van der Waals surface area contributed by atoms with Crippen LogP contribution in [0.2, 0.25) is 0 Å². The van der Waals surface area contributed by atoms with E-state index in [1.54, 1.807) is 0 Å². The van der Waals surface area contributed by atoms with E-state index in [1.807, 2.05) is 0 Å². The van der Waals surface area contributed by atoms with Crippen LogP contribution in [0.4, 0.5) is 0 Å². The molecule has 2 aromatic rings. The number of hydrogen-bond acceptors (Lipinski definition) is 7. The second-order valence-corrected chi connectivity index (χ2v) is 5.10. The summed E-state index contributed by atoms with van der Waals surface area (Å²) in [6.45, 7) is 0.0574. The van der Waals surface area contributed by atoms with Gasteiger partial charge < -0.3 is 9.63 Å². The summed E-state index contributed by atoms with van der Waals surface area (Å²) < 4.78 is 31.8. The topological polar surface area (TPSA) is 123 Å². The van der Waals surface area contributed by atoms with Gasteiger partial charge in [-0.15, -0.1) is 0 Å². The molecule has 0 unspecified atom stereocenters. The maximum atomic E-state index is 11.8. The Hall–Kier alpha value is -1.78. The average molecular weight is 273 g/mol. The SMILES string of the molecule is O=S(=O)(NCc1ncon1)c1cnn(CCO)c1. The highest BCUT2D eigenvalue weighted by Gasteiger charge is 2.17. The fourth-order valence-corrected chi connectivity index (χ4v) is 2.15. The lowest BCUT2D eigenvalue weighted by molar-refractivity contribution is 0.269. The number of sulfonamides is 1. The number of aliphatic hydroxyl groups excluding tert-OH is 1. The average Bonchev–Trinajstić information content (AvgIpc) is 2.98. The summed E-state index contributed by atoms with van der Waals surface area (Å²) in [5.41, 5.74) is 0. The fraction of sp³-hybridized carbons (Fsp3) is 0.375. The number of nitrogens with zero attached hydrogens (tertiary/aromatic N) is 4. The highest BCUT2D eigenvalue weighted by atomic mass is 32.2. The Bertz CT molecular complexity index is 591. The zero-order chi connectivity index (χ0) is 13.0. The van der Waals surface area contributed by atoms with Gasteiger partial charge in [-0.25, -0.2) is 13.1 Å². The van der Waals surface area contributed by atoms with Crippen LogP contribution in [0.25, 0.3) is 0 Å².